The number of rotatable bonds is 4. The van der Waals surface area contributed by atoms with Crippen LogP contribution in [0.3, 0.4) is 0 Å². The molecule has 0 fully saturated rings. The van der Waals surface area contributed by atoms with Gasteiger partial charge in [-0.3, -0.25) is 0 Å². The lowest BCUT2D eigenvalue weighted by molar-refractivity contribution is 0.700. The number of hydrogen-bond donors (Lipinski definition) is 1. The van der Waals surface area contributed by atoms with Crippen molar-refractivity contribution < 1.29 is 0 Å². The Labute approximate surface area is 82.3 Å². The standard InChI is InChI=1S/C7H15N5S/c1-7(2,13-4)5-8-6-9-10-11-12(6)3/h5H2,1-4H3,(H,8,9,11). The second-order valence-corrected chi connectivity index (χ2v) is 4.96. The molecule has 5 nitrogen and oxygen atoms in total. The first-order valence-corrected chi connectivity index (χ1v) is 5.29. The van der Waals surface area contributed by atoms with Gasteiger partial charge >= 0.3 is 0 Å². The smallest absolute Gasteiger partial charge is 0.242 e. The number of anilines is 1. The minimum absolute atomic E-state index is 0.200. The minimum Gasteiger partial charge on any atom is -0.352 e. The predicted octanol–water partition coefficient (Wildman–Crippen LogP) is 0.764. The molecule has 0 spiro atoms. The van der Waals surface area contributed by atoms with Gasteiger partial charge in [-0.2, -0.15) is 11.8 Å². The fourth-order valence-electron chi connectivity index (χ4n) is 0.743. The molecule has 0 saturated heterocycles. The fourth-order valence-corrected chi connectivity index (χ4v) is 0.960. The zero-order valence-corrected chi connectivity index (χ0v) is 9.22. The molecule has 1 aromatic rings. The third-order valence-corrected chi connectivity index (χ3v) is 3.09. The molecule has 0 bridgehead atoms. The average Bonchev–Trinajstić information content (AvgIpc) is 2.48. The van der Waals surface area contributed by atoms with E-state index in [0.717, 1.165) is 6.54 Å². The second kappa shape index (κ2) is 3.95. The van der Waals surface area contributed by atoms with Crippen LogP contribution >= 0.6 is 11.8 Å². The van der Waals surface area contributed by atoms with Crippen molar-refractivity contribution in [1.29, 1.82) is 0 Å². The number of nitrogens with zero attached hydrogens (tertiary/aromatic N) is 4. The highest BCUT2D eigenvalue weighted by Gasteiger charge is 2.16. The maximum atomic E-state index is 3.83. The van der Waals surface area contributed by atoms with E-state index in [4.69, 9.17) is 0 Å². The molecule has 0 atom stereocenters. The van der Waals surface area contributed by atoms with Crippen molar-refractivity contribution in [2.24, 2.45) is 7.05 Å². The SMILES string of the molecule is CSC(C)(C)CNc1nnnn1C. The molecule has 0 aliphatic rings. The van der Waals surface area contributed by atoms with E-state index in [-0.39, 0.29) is 4.75 Å². The number of aryl methyl sites for hydroxylation is 1. The third-order valence-electron chi connectivity index (χ3n) is 1.84. The molecule has 0 saturated carbocycles. The van der Waals surface area contributed by atoms with Crippen LogP contribution in [0.1, 0.15) is 13.8 Å². The Balaban J connectivity index is 2.48. The first-order valence-electron chi connectivity index (χ1n) is 4.06. The summed E-state index contributed by atoms with van der Waals surface area (Å²) in [5.74, 6) is 0.710. The van der Waals surface area contributed by atoms with Crippen LogP contribution in [0.5, 0.6) is 0 Å². The Bertz CT molecular complexity index is 270. The monoisotopic (exact) mass is 201 g/mol. The van der Waals surface area contributed by atoms with Crippen LogP contribution in [-0.2, 0) is 7.05 Å². The van der Waals surface area contributed by atoms with E-state index in [1.54, 1.807) is 4.68 Å². The number of tetrazole rings is 1. The first-order chi connectivity index (χ1) is 6.05. The van der Waals surface area contributed by atoms with Crippen LogP contribution in [0.25, 0.3) is 0 Å². The lowest BCUT2D eigenvalue weighted by atomic mass is 10.2. The summed E-state index contributed by atoms with van der Waals surface area (Å²) in [6.07, 6.45) is 2.09. The summed E-state index contributed by atoms with van der Waals surface area (Å²) in [5, 5.41) is 14.3. The molecule has 0 amide bonds. The Morgan fingerprint density at radius 1 is 1.54 bits per heavy atom. The van der Waals surface area contributed by atoms with Gasteiger partial charge in [0.25, 0.3) is 0 Å². The molecule has 0 radical (unpaired) electrons. The van der Waals surface area contributed by atoms with Gasteiger partial charge in [0.1, 0.15) is 0 Å². The lowest BCUT2D eigenvalue weighted by Crippen LogP contribution is -2.26. The highest BCUT2D eigenvalue weighted by molar-refractivity contribution is 7.99. The Hall–Kier alpha value is -0.780. The zero-order chi connectivity index (χ0) is 9.90. The normalized spacial score (nSPS) is 11.7. The van der Waals surface area contributed by atoms with Gasteiger partial charge in [-0.05, 0) is 30.5 Å². The van der Waals surface area contributed by atoms with Crippen molar-refractivity contribution in [2.75, 3.05) is 18.1 Å². The molecule has 1 aromatic heterocycles. The van der Waals surface area contributed by atoms with Gasteiger partial charge in [0.05, 0.1) is 0 Å². The third kappa shape index (κ3) is 2.87. The average molecular weight is 201 g/mol. The zero-order valence-electron chi connectivity index (χ0n) is 8.40. The first kappa shape index (κ1) is 10.3. The molecule has 0 aliphatic heterocycles. The largest absolute Gasteiger partial charge is 0.352 e. The molecular formula is C7H15N5S. The van der Waals surface area contributed by atoms with Crippen LogP contribution in [0, 0.1) is 0 Å². The molecule has 1 N–H and O–H groups in total. The molecule has 74 valence electrons. The van der Waals surface area contributed by atoms with Crippen LogP contribution < -0.4 is 5.32 Å². The molecule has 0 unspecified atom stereocenters. The van der Waals surface area contributed by atoms with E-state index in [9.17, 15) is 0 Å². The van der Waals surface area contributed by atoms with E-state index in [1.165, 1.54) is 0 Å². The summed E-state index contributed by atoms with van der Waals surface area (Å²) in [6, 6.07) is 0. The van der Waals surface area contributed by atoms with Crippen LogP contribution in [-0.4, -0.2) is 37.8 Å². The minimum atomic E-state index is 0.200. The Kier molecular flexibility index (Phi) is 3.13. The Morgan fingerprint density at radius 2 is 2.23 bits per heavy atom. The van der Waals surface area contributed by atoms with Crippen molar-refractivity contribution >= 4 is 17.7 Å². The second-order valence-electron chi connectivity index (χ2n) is 3.44. The van der Waals surface area contributed by atoms with Gasteiger partial charge in [-0.25, -0.2) is 4.68 Å². The van der Waals surface area contributed by atoms with Crippen molar-refractivity contribution in [3.05, 3.63) is 0 Å². The van der Waals surface area contributed by atoms with Crippen molar-refractivity contribution in [1.82, 2.24) is 20.2 Å². The van der Waals surface area contributed by atoms with E-state index in [0.29, 0.717) is 5.95 Å². The van der Waals surface area contributed by atoms with Crippen LogP contribution in [0.2, 0.25) is 0 Å². The molecule has 1 heterocycles. The molecular weight excluding hydrogens is 186 g/mol. The van der Waals surface area contributed by atoms with Crippen molar-refractivity contribution in [2.45, 2.75) is 18.6 Å². The van der Waals surface area contributed by atoms with Crippen molar-refractivity contribution in [3.8, 4) is 0 Å². The number of hydrogen-bond acceptors (Lipinski definition) is 5. The molecule has 6 heteroatoms. The summed E-state index contributed by atoms with van der Waals surface area (Å²) in [5.41, 5.74) is 0. The van der Waals surface area contributed by atoms with Crippen LogP contribution in [0.4, 0.5) is 5.95 Å². The summed E-state index contributed by atoms with van der Waals surface area (Å²) in [6.45, 7) is 5.20. The molecule has 0 aromatic carbocycles. The summed E-state index contributed by atoms with van der Waals surface area (Å²) in [7, 11) is 1.81. The number of nitrogens with one attached hydrogen (secondary N) is 1. The van der Waals surface area contributed by atoms with Gasteiger partial charge < -0.3 is 5.32 Å². The molecule has 1 rings (SSSR count). The lowest BCUT2D eigenvalue weighted by Gasteiger charge is -2.21. The highest BCUT2D eigenvalue weighted by atomic mass is 32.2. The van der Waals surface area contributed by atoms with Gasteiger partial charge in [0.2, 0.25) is 5.95 Å². The maximum Gasteiger partial charge on any atom is 0.242 e. The summed E-state index contributed by atoms with van der Waals surface area (Å²) in [4.78, 5) is 0. The van der Waals surface area contributed by atoms with Gasteiger partial charge in [-0.15, -0.1) is 0 Å². The van der Waals surface area contributed by atoms with Crippen LogP contribution in [0.15, 0.2) is 0 Å². The topological polar surface area (TPSA) is 55.6 Å². The highest BCUT2D eigenvalue weighted by Crippen LogP contribution is 2.20. The maximum absolute atomic E-state index is 3.83. The molecule has 13 heavy (non-hydrogen) atoms. The van der Waals surface area contributed by atoms with Gasteiger partial charge in [0.15, 0.2) is 0 Å². The van der Waals surface area contributed by atoms with Gasteiger partial charge in [-0.1, -0.05) is 5.10 Å². The van der Waals surface area contributed by atoms with Gasteiger partial charge in [0, 0.05) is 18.3 Å². The number of aromatic nitrogens is 4. The fraction of sp³-hybridized carbons (Fsp3) is 0.857. The van der Waals surface area contributed by atoms with E-state index >= 15 is 0 Å². The summed E-state index contributed by atoms with van der Waals surface area (Å²) < 4.78 is 1.82. The van der Waals surface area contributed by atoms with E-state index < -0.39 is 0 Å². The molecule has 0 aliphatic carbocycles. The predicted molar refractivity (Wildman–Crippen MR) is 54.9 cm³/mol. The quantitative estimate of drug-likeness (QED) is 0.779. The van der Waals surface area contributed by atoms with E-state index in [1.807, 2.05) is 18.8 Å². The Morgan fingerprint density at radius 3 is 2.69 bits per heavy atom. The number of thioether (sulfide) groups is 1. The summed E-state index contributed by atoms with van der Waals surface area (Å²) >= 11 is 1.81. The van der Waals surface area contributed by atoms with Crippen molar-refractivity contribution in [3.63, 3.8) is 0 Å². The van der Waals surface area contributed by atoms with E-state index in [2.05, 4.69) is 40.9 Å².